The number of rotatable bonds is 9. The van der Waals surface area contributed by atoms with Crippen LogP contribution in [0.2, 0.25) is 0 Å². The second kappa shape index (κ2) is 11.2. The number of fused-ring (bicyclic) bond motifs is 1. The Morgan fingerprint density at radius 1 is 1.03 bits per heavy atom. The summed E-state index contributed by atoms with van der Waals surface area (Å²) in [5.41, 5.74) is 2.88. The molecule has 0 fully saturated rings. The van der Waals surface area contributed by atoms with Gasteiger partial charge in [-0.3, -0.25) is 14.2 Å². The Hall–Kier alpha value is -3.93. The molecule has 3 aromatic carbocycles. The molecule has 1 unspecified atom stereocenters. The van der Waals surface area contributed by atoms with Crippen molar-refractivity contribution in [1.82, 2.24) is 14.5 Å². The van der Waals surface area contributed by atoms with Gasteiger partial charge in [0.1, 0.15) is 11.6 Å². The van der Waals surface area contributed by atoms with Crippen LogP contribution < -0.4 is 10.3 Å². The van der Waals surface area contributed by atoms with Crippen molar-refractivity contribution >= 4 is 16.8 Å². The summed E-state index contributed by atoms with van der Waals surface area (Å²) in [5.74, 6) is 1.06. The van der Waals surface area contributed by atoms with Crippen molar-refractivity contribution in [2.45, 2.75) is 46.1 Å². The van der Waals surface area contributed by atoms with Gasteiger partial charge in [0.25, 0.3) is 11.5 Å². The van der Waals surface area contributed by atoms with Crippen molar-refractivity contribution in [2.24, 2.45) is 0 Å². The van der Waals surface area contributed by atoms with E-state index < -0.39 is 6.04 Å². The Bertz CT molecular complexity index is 1430. The van der Waals surface area contributed by atoms with Crippen molar-refractivity contribution in [2.75, 3.05) is 13.7 Å². The molecule has 0 spiro atoms. The van der Waals surface area contributed by atoms with Gasteiger partial charge in [-0.05, 0) is 61.7 Å². The number of amides is 1. The van der Waals surface area contributed by atoms with Crippen molar-refractivity contribution < 1.29 is 9.53 Å². The minimum atomic E-state index is -0.447. The highest BCUT2D eigenvalue weighted by molar-refractivity contribution is 5.95. The summed E-state index contributed by atoms with van der Waals surface area (Å²) in [4.78, 5) is 34.5. The summed E-state index contributed by atoms with van der Waals surface area (Å²) in [6, 6.07) is 22.0. The predicted octanol–water partition coefficient (Wildman–Crippen LogP) is 5.96. The quantitative estimate of drug-likeness (QED) is 0.295. The van der Waals surface area contributed by atoms with E-state index in [9.17, 15) is 9.59 Å². The monoisotopic (exact) mass is 483 g/mol. The third-order valence-corrected chi connectivity index (χ3v) is 6.59. The van der Waals surface area contributed by atoms with Gasteiger partial charge in [0.15, 0.2) is 0 Å². The number of hydrogen-bond donors (Lipinski definition) is 0. The van der Waals surface area contributed by atoms with Crippen LogP contribution in [-0.4, -0.2) is 34.0 Å². The van der Waals surface area contributed by atoms with Crippen LogP contribution >= 0.6 is 0 Å². The first-order chi connectivity index (χ1) is 17.5. The molecule has 6 heteroatoms. The Balaban J connectivity index is 1.92. The first-order valence-corrected chi connectivity index (χ1v) is 12.5. The van der Waals surface area contributed by atoms with Gasteiger partial charge in [-0.1, -0.05) is 56.7 Å². The van der Waals surface area contributed by atoms with E-state index in [2.05, 4.69) is 13.8 Å². The fourth-order valence-electron chi connectivity index (χ4n) is 4.55. The van der Waals surface area contributed by atoms with Gasteiger partial charge < -0.3 is 9.64 Å². The Morgan fingerprint density at radius 3 is 2.53 bits per heavy atom. The van der Waals surface area contributed by atoms with Crippen LogP contribution in [0.25, 0.3) is 16.6 Å². The van der Waals surface area contributed by atoms with Crippen LogP contribution in [0.1, 0.15) is 61.4 Å². The van der Waals surface area contributed by atoms with E-state index >= 15 is 0 Å². The minimum Gasteiger partial charge on any atom is -0.497 e. The third-order valence-electron chi connectivity index (χ3n) is 6.59. The number of carbonyl (C=O) groups excluding carboxylic acids is 1. The lowest BCUT2D eigenvalue weighted by Crippen LogP contribution is -2.38. The molecule has 0 aliphatic heterocycles. The second-order valence-corrected chi connectivity index (χ2v) is 8.87. The number of nitrogens with zero attached hydrogens (tertiary/aromatic N) is 3. The first kappa shape index (κ1) is 25.2. The van der Waals surface area contributed by atoms with E-state index in [0.29, 0.717) is 34.6 Å². The van der Waals surface area contributed by atoms with Gasteiger partial charge in [0.05, 0.1) is 29.7 Å². The first-order valence-electron chi connectivity index (χ1n) is 12.5. The number of benzene rings is 3. The maximum Gasteiger partial charge on any atom is 0.266 e. The normalized spacial score (nSPS) is 11.9. The smallest absolute Gasteiger partial charge is 0.266 e. The molecule has 6 nitrogen and oxygen atoms in total. The third kappa shape index (κ3) is 4.89. The molecule has 1 heterocycles. The molecule has 0 bridgehead atoms. The molecular weight excluding hydrogens is 450 g/mol. The summed E-state index contributed by atoms with van der Waals surface area (Å²) in [6.07, 6.45) is 2.54. The lowest BCUT2D eigenvalue weighted by molar-refractivity contribution is 0.0678. The van der Waals surface area contributed by atoms with Crippen LogP contribution in [0, 0.1) is 0 Å². The molecule has 1 aromatic heterocycles. The average molecular weight is 484 g/mol. The van der Waals surface area contributed by atoms with Gasteiger partial charge in [-0.2, -0.15) is 0 Å². The highest BCUT2D eigenvalue weighted by Crippen LogP contribution is 2.27. The highest BCUT2D eigenvalue weighted by atomic mass is 16.5. The summed E-state index contributed by atoms with van der Waals surface area (Å²) in [7, 11) is 1.59. The van der Waals surface area contributed by atoms with Gasteiger partial charge in [-0.15, -0.1) is 0 Å². The molecule has 0 aliphatic rings. The zero-order valence-corrected chi connectivity index (χ0v) is 21.4. The van der Waals surface area contributed by atoms with E-state index in [1.165, 1.54) is 0 Å². The average Bonchev–Trinajstić information content (AvgIpc) is 2.93. The molecule has 0 radical (unpaired) electrons. The molecule has 0 saturated heterocycles. The Morgan fingerprint density at radius 2 is 1.78 bits per heavy atom. The van der Waals surface area contributed by atoms with Gasteiger partial charge >= 0.3 is 0 Å². The largest absolute Gasteiger partial charge is 0.497 e. The molecule has 0 aliphatic carbocycles. The summed E-state index contributed by atoms with van der Waals surface area (Å²) >= 11 is 0. The SMILES string of the molecule is CCCCN(C(=O)c1cccc(OC)c1)C(C)c1nc2ccccc2c(=O)n1-c1ccccc1CC. The molecule has 4 rings (SSSR count). The second-order valence-electron chi connectivity index (χ2n) is 8.87. The summed E-state index contributed by atoms with van der Waals surface area (Å²) < 4.78 is 7.05. The highest BCUT2D eigenvalue weighted by Gasteiger charge is 2.28. The van der Waals surface area contributed by atoms with E-state index in [0.717, 1.165) is 30.5 Å². The van der Waals surface area contributed by atoms with E-state index in [1.54, 1.807) is 29.9 Å². The molecule has 4 aromatic rings. The van der Waals surface area contributed by atoms with E-state index in [1.807, 2.05) is 66.4 Å². The molecule has 186 valence electrons. The number of para-hydroxylation sites is 2. The van der Waals surface area contributed by atoms with Gasteiger partial charge in [0, 0.05) is 12.1 Å². The van der Waals surface area contributed by atoms with Crippen LogP contribution in [0.15, 0.2) is 77.6 Å². The summed E-state index contributed by atoms with van der Waals surface area (Å²) in [5, 5.41) is 0.554. The fourth-order valence-corrected chi connectivity index (χ4v) is 4.55. The standard InChI is InChI=1S/C30H33N3O3/c1-5-7-19-32(29(34)23-14-12-15-24(20-23)36-4)21(3)28-31-26-17-10-9-16-25(26)30(35)33(28)27-18-11-8-13-22(27)6-2/h8-18,20-21H,5-7,19H2,1-4H3. The summed E-state index contributed by atoms with van der Waals surface area (Å²) in [6.45, 7) is 6.67. The molecule has 0 N–H and O–H groups in total. The lowest BCUT2D eigenvalue weighted by Gasteiger charge is -2.31. The number of hydrogen-bond acceptors (Lipinski definition) is 4. The predicted molar refractivity (Wildman–Crippen MR) is 144 cm³/mol. The molecule has 1 amide bonds. The molecule has 1 atom stereocenters. The van der Waals surface area contributed by atoms with Crippen LogP contribution in [0.5, 0.6) is 5.75 Å². The number of unbranched alkanes of at least 4 members (excludes halogenated alkanes) is 1. The van der Waals surface area contributed by atoms with Crippen molar-refractivity contribution in [3.63, 3.8) is 0 Å². The molecular formula is C30H33N3O3. The number of methoxy groups -OCH3 is 1. The van der Waals surface area contributed by atoms with Crippen molar-refractivity contribution in [1.29, 1.82) is 0 Å². The van der Waals surface area contributed by atoms with Crippen LogP contribution in [0.4, 0.5) is 0 Å². The zero-order valence-electron chi connectivity index (χ0n) is 21.4. The molecule has 0 saturated carbocycles. The fraction of sp³-hybridized carbons (Fsp3) is 0.300. The number of aromatic nitrogens is 2. The maximum atomic E-state index is 13.9. The van der Waals surface area contributed by atoms with Crippen molar-refractivity contribution in [3.05, 3.63) is 100 Å². The van der Waals surface area contributed by atoms with Crippen molar-refractivity contribution in [3.8, 4) is 11.4 Å². The Kier molecular flexibility index (Phi) is 7.84. The lowest BCUT2D eigenvalue weighted by atomic mass is 10.1. The van der Waals surface area contributed by atoms with Crippen LogP contribution in [-0.2, 0) is 6.42 Å². The van der Waals surface area contributed by atoms with E-state index in [-0.39, 0.29) is 11.5 Å². The Labute approximate surface area is 212 Å². The molecule has 36 heavy (non-hydrogen) atoms. The minimum absolute atomic E-state index is 0.118. The maximum absolute atomic E-state index is 13.9. The number of ether oxygens (including phenoxy) is 1. The zero-order chi connectivity index (χ0) is 25.7. The number of carbonyl (C=O) groups is 1. The van der Waals surface area contributed by atoms with Gasteiger partial charge in [0.2, 0.25) is 0 Å². The topological polar surface area (TPSA) is 64.4 Å². The number of aryl methyl sites for hydroxylation is 1. The van der Waals surface area contributed by atoms with Crippen LogP contribution in [0.3, 0.4) is 0 Å². The van der Waals surface area contributed by atoms with Gasteiger partial charge in [-0.25, -0.2) is 4.98 Å². The van der Waals surface area contributed by atoms with E-state index in [4.69, 9.17) is 9.72 Å².